The standard InChI is InChI=1S/C21H24N2O/c1-4-5-6-19-21(24)20(17-11-7-15(2)8-12-17)22-23(19)18-13-9-16(3)10-14-18/h7-14,24H,4-6H2,1-3H3. The molecule has 0 spiro atoms. The second kappa shape index (κ2) is 6.91. The van der Waals surface area contributed by atoms with Crippen LogP contribution in [0.1, 0.15) is 36.6 Å². The minimum Gasteiger partial charge on any atom is -0.504 e. The molecule has 1 heterocycles. The fourth-order valence-corrected chi connectivity index (χ4v) is 2.82. The van der Waals surface area contributed by atoms with E-state index in [0.29, 0.717) is 11.4 Å². The van der Waals surface area contributed by atoms with E-state index >= 15 is 0 Å². The van der Waals surface area contributed by atoms with Gasteiger partial charge in [-0.15, -0.1) is 0 Å². The first-order valence-electron chi connectivity index (χ1n) is 8.55. The molecule has 0 saturated heterocycles. The van der Waals surface area contributed by atoms with Crippen LogP contribution in [0.3, 0.4) is 0 Å². The number of aryl methyl sites for hydroxylation is 2. The van der Waals surface area contributed by atoms with Gasteiger partial charge in [0.15, 0.2) is 5.75 Å². The molecule has 0 aliphatic heterocycles. The molecule has 3 rings (SSSR count). The summed E-state index contributed by atoms with van der Waals surface area (Å²) in [4.78, 5) is 0. The van der Waals surface area contributed by atoms with E-state index in [0.717, 1.165) is 36.2 Å². The average Bonchev–Trinajstić information content (AvgIpc) is 2.91. The van der Waals surface area contributed by atoms with E-state index in [4.69, 9.17) is 5.10 Å². The van der Waals surface area contributed by atoms with Gasteiger partial charge in [0.05, 0.1) is 11.4 Å². The summed E-state index contributed by atoms with van der Waals surface area (Å²) in [5.74, 6) is 0.299. The van der Waals surface area contributed by atoms with Gasteiger partial charge in [-0.2, -0.15) is 5.10 Å². The maximum atomic E-state index is 10.8. The van der Waals surface area contributed by atoms with Gasteiger partial charge in [-0.05, 0) is 38.8 Å². The van der Waals surface area contributed by atoms with Crippen LogP contribution in [-0.2, 0) is 6.42 Å². The van der Waals surface area contributed by atoms with Crippen molar-refractivity contribution in [2.75, 3.05) is 0 Å². The first-order valence-corrected chi connectivity index (χ1v) is 8.55. The Labute approximate surface area is 143 Å². The van der Waals surface area contributed by atoms with Crippen LogP contribution in [0.5, 0.6) is 5.75 Å². The second-order valence-corrected chi connectivity index (χ2v) is 6.36. The quantitative estimate of drug-likeness (QED) is 0.701. The third kappa shape index (κ3) is 3.21. The molecule has 0 atom stereocenters. The second-order valence-electron chi connectivity index (χ2n) is 6.36. The van der Waals surface area contributed by atoms with Crippen LogP contribution in [0, 0.1) is 13.8 Å². The van der Waals surface area contributed by atoms with Crippen LogP contribution in [0.25, 0.3) is 16.9 Å². The molecule has 24 heavy (non-hydrogen) atoms. The third-order valence-electron chi connectivity index (χ3n) is 4.32. The monoisotopic (exact) mass is 320 g/mol. The minimum atomic E-state index is 0.299. The number of unbranched alkanes of at least 4 members (excludes halogenated alkanes) is 1. The highest BCUT2D eigenvalue weighted by Gasteiger charge is 2.19. The largest absolute Gasteiger partial charge is 0.504 e. The molecule has 0 saturated carbocycles. The first kappa shape index (κ1) is 16.3. The van der Waals surface area contributed by atoms with Crippen molar-refractivity contribution in [2.45, 2.75) is 40.0 Å². The number of benzene rings is 2. The fraction of sp³-hybridized carbons (Fsp3) is 0.286. The normalized spacial score (nSPS) is 11.0. The number of hydrogen-bond donors (Lipinski definition) is 1. The molecule has 0 radical (unpaired) electrons. The molecule has 0 aliphatic carbocycles. The Bertz CT molecular complexity index is 814. The third-order valence-corrected chi connectivity index (χ3v) is 4.32. The Balaban J connectivity index is 2.11. The molecule has 3 heteroatoms. The van der Waals surface area contributed by atoms with Crippen molar-refractivity contribution < 1.29 is 5.11 Å². The molecule has 3 nitrogen and oxygen atoms in total. The van der Waals surface area contributed by atoms with Gasteiger partial charge in [-0.3, -0.25) is 0 Å². The fourth-order valence-electron chi connectivity index (χ4n) is 2.82. The Hall–Kier alpha value is -2.55. The van der Waals surface area contributed by atoms with Gasteiger partial charge in [0, 0.05) is 5.56 Å². The molecule has 0 amide bonds. The van der Waals surface area contributed by atoms with E-state index in [-0.39, 0.29) is 0 Å². The Morgan fingerprint density at radius 2 is 1.50 bits per heavy atom. The highest BCUT2D eigenvalue weighted by atomic mass is 16.3. The summed E-state index contributed by atoms with van der Waals surface area (Å²) in [7, 11) is 0. The van der Waals surface area contributed by atoms with Crippen molar-refractivity contribution in [1.82, 2.24) is 9.78 Å². The smallest absolute Gasteiger partial charge is 0.165 e. The summed E-state index contributed by atoms with van der Waals surface area (Å²) in [5.41, 5.74) is 5.88. The number of hydrogen-bond acceptors (Lipinski definition) is 2. The lowest BCUT2D eigenvalue weighted by atomic mass is 10.1. The Morgan fingerprint density at radius 1 is 0.917 bits per heavy atom. The number of aromatic nitrogens is 2. The molecule has 0 aliphatic rings. The van der Waals surface area contributed by atoms with E-state index in [9.17, 15) is 5.11 Å². The predicted molar refractivity (Wildman–Crippen MR) is 98.8 cm³/mol. The molecular weight excluding hydrogens is 296 g/mol. The number of rotatable bonds is 5. The lowest BCUT2D eigenvalue weighted by Gasteiger charge is -2.07. The van der Waals surface area contributed by atoms with Crippen LogP contribution < -0.4 is 0 Å². The minimum absolute atomic E-state index is 0.299. The first-order chi connectivity index (χ1) is 11.6. The molecule has 124 valence electrons. The lowest BCUT2D eigenvalue weighted by molar-refractivity contribution is 0.467. The summed E-state index contributed by atoms with van der Waals surface area (Å²) < 4.78 is 1.89. The molecule has 1 aromatic heterocycles. The van der Waals surface area contributed by atoms with Crippen molar-refractivity contribution in [3.63, 3.8) is 0 Å². The highest BCUT2D eigenvalue weighted by molar-refractivity contribution is 5.68. The molecule has 0 bridgehead atoms. The zero-order valence-corrected chi connectivity index (χ0v) is 14.6. The topological polar surface area (TPSA) is 38.1 Å². The molecule has 2 aromatic carbocycles. The van der Waals surface area contributed by atoms with Gasteiger partial charge in [0.1, 0.15) is 5.69 Å². The van der Waals surface area contributed by atoms with Crippen LogP contribution in [0.4, 0.5) is 0 Å². The zero-order valence-electron chi connectivity index (χ0n) is 14.6. The van der Waals surface area contributed by atoms with Crippen LogP contribution in [0.15, 0.2) is 48.5 Å². The summed E-state index contributed by atoms with van der Waals surface area (Å²) in [5, 5.41) is 15.5. The molecule has 1 N–H and O–H groups in total. The van der Waals surface area contributed by atoms with E-state index in [2.05, 4.69) is 45.0 Å². The van der Waals surface area contributed by atoms with E-state index < -0.39 is 0 Å². The zero-order chi connectivity index (χ0) is 17.1. The van der Waals surface area contributed by atoms with Crippen molar-refractivity contribution >= 4 is 0 Å². The summed E-state index contributed by atoms with van der Waals surface area (Å²) >= 11 is 0. The van der Waals surface area contributed by atoms with Gasteiger partial charge < -0.3 is 5.11 Å². The summed E-state index contributed by atoms with van der Waals surface area (Å²) in [6.07, 6.45) is 2.92. The maximum absolute atomic E-state index is 10.8. The van der Waals surface area contributed by atoms with E-state index in [1.165, 1.54) is 11.1 Å². The van der Waals surface area contributed by atoms with E-state index in [1.807, 2.05) is 28.9 Å². The maximum Gasteiger partial charge on any atom is 0.165 e. The van der Waals surface area contributed by atoms with Crippen LogP contribution >= 0.6 is 0 Å². The summed E-state index contributed by atoms with van der Waals surface area (Å²) in [6, 6.07) is 16.4. The van der Waals surface area contributed by atoms with Crippen molar-refractivity contribution in [3.8, 4) is 22.7 Å². The van der Waals surface area contributed by atoms with Crippen molar-refractivity contribution in [1.29, 1.82) is 0 Å². The van der Waals surface area contributed by atoms with Crippen molar-refractivity contribution in [2.24, 2.45) is 0 Å². The van der Waals surface area contributed by atoms with Gasteiger partial charge in [0.2, 0.25) is 0 Å². The molecule has 3 aromatic rings. The van der Waals surface area contributed by atoms with Gasteiger partial charge in [-0.25, -0.2) is 4.68 Å². The van der Waals surface area contributed by atoms with Gasteiger partial charge in [0.25, 0.3) is 0 Å². The highest BCUT2D eigenvalue weighted by Crippen LogP contribution is 2.34. The molecular formula is C21H24N2O. The van der Waals surface area contributed by atoms with Gasteiger partial charge >= 0.3 is 0 Å². The lowest BCUT2D eigenvalue weighted by Crippen LogP contribution is -2.02. The SMILES string of the molecule is CCCCc1c(O)c(-c2ccc(C)cc2)nn1-c1ccc(C)cc1. The van der Waals surface area contributed by atoms with Gasteiger partial charge in [-0.1, -0.05) is 60.9 Å². The Kier molecular flexibility index (Phi) is 4.70. The molecule has 0 fully saturated rings. The number of nitrogens with zero attached hydrogens (tertiary/aromatic N) is 2. The van der Waals surface area contributed by atoms with Crippen molar-refractivity contribution in [3.05, 3.63) is 65.4 Å². The van der Waals surface area contributed by atoms with E-state index in [1.54, 1.807) is 0 Å². The van der Waals surface area contributed by atoms with Crippen LogP contribution in [0.2, 0.25) is 0 Å². The Morgan fingerprint density at radius 3 is 2.08 bits per heavy atom. The molecule has 0 unspecified atom stereocenters. The van der Waals surface area contributed by atoms with Crippen LogP contribution in [-0.4, -0.2) is 14.9 Å². The summed E-state index contributed by atoms with van der Waals surface area (Å²) in [6.45, 7) is 6.28. The number of aromatic hydroxyl groups is 1. The predicted octanol–water partition coefficient (Wildman–Crippen LogP) is 5.20. The average molecular weight is 320 g/mol.